The van der Waals surface area contributed by atoms with Crippen molar-refractivity contribution in [3.8, 4) is 0 Å². The molecule has 1 N–H and O–H groups in total. The van der Waals surface area contributed by atoms with Crippen molar-refractivity contribution in [2.75, 3.05) is 11.1 Å². The Hall–Kier alpha value is -1.57. The summed E-state index contributed by atoms with van der Waals surface area (Å²) in [4.78, 5) is 22.6. The molecule has 26 heavy (non-hydrogen) atoms. The van der Waals surface area contributed by atoms with Gasteiger partial charge >= 0.3 is 7.12 Å². The van der Waals surface area contributed by atoms with Crippen LogP contribution < -0.4 is 5.32 Å². The number of thiol groups is 1. The monoisotopic (exact) mass is 375 g/mol. The molecule has 140 valence electrons. The second kappa shape index (κ2) is 7.98. The lowest BCUT2D eigenvalue weighted by Crippen LogP contribution is -2.41. The van der Waals surface area contributed by atoms with Gasteiger partial charge in [-0.25, -0.2) is 0 Å². The summed E-state index contributed by atoms with van der Waals surface area (Å²) in [7, 11) is -0.438. The predicted molar refractivity (Wildman–Crippen MR) is 108 cm³/mol. The first-order chi connectivity index (χ1) is 12.0. The number of ketones is 1. The van der Waals surface area contributed by atoms with Gasteiger partial charge < -0.3 is 14.6 Å². The Morgan fingerprint density at radius 2 is 1.65 bits per heavy atom. The van der Waals surface area contributed by atoms with Gasteiger partial charge in [0, 0.05) is 11.4 Å². The van der Waals surface area contributed by atoms with Crippen molar-refractivity contribution in [3.63, 3.8) is 0 Å². The Morgan fingerprint density at radius 3 is 2.12 bits per heavy atom. The highest BCUT2D eigenvalue weighted by molar-refractivity contribution is 7.80. The maximum Gasteiger partial charge on any atom is 0.491 e. The summed E-state index contributed by atoms with van der Waals surface area (Å²) >= 11 is 4.41. The van der Waals surface area contributed by atoms with Crippen LogP contribution in [-0.4, -0.2) is 35.8 Å². The first kappa shape index (κ1) is 20.7. The molecule has 1 saturated heterocycles. The fraction of sp³-hybridized carbons (Fsp3) is 0.474. The Balaban J connectivity index is 2.10. The van der Waals surface area contributed by atoms with Crippen molar-refractivity contribution in [1.82, 2.24) is 0 Å². The third-order valence-corrected chi connectivity index (χ3v) is 5.06. The summed E-state index contributed by atoms with van der Waals surface area (Å²) in [6.07, 6.45) is 1.86. The lowest BCUT2D eigenvalue weighted by molar-refractivity contribution is -0.124. The molecule has 0 unspecified atom stereocenters. The summed E-state index contributed by atoms with van der Waals surface area (Å²) < 4.78 is 12.1. The van der Waals surface area contributed by atoms with Gasteiger partial charge in [0.2, 0.25) is 5.91 Å². The van der Waals surface area contributed by atoms with Crippen molar-refractivity contribution >= 4 is 43.2 Å². The number of hydrogen-bond donors (Lipinski definition) is 2. The fourth-order valence-corrected chi connectivity index (χ4v) is 2.73. The molecule has 0 radical (unpaired) electrons. The molecule has 1 fully saturated rings. The van der Waals surface area contributed by atoms with Gasteiger partial charge in [0.25, 0.3) is 0 Å². The molecule has 1 aliphatic heterocycles. The van der Waals surface area contributed by atoms with Gasteiger partial charge in [-0.2, -0.15) is 12.6 Å². The highest BCUT2D eigenvalue weighted by Crippen LogP contribution is 2.39. The molecular weight excluding hydrogens is 349 g/mol. The van der Waals surface area contributed by atoms with Gasteiger partial charge in [-0.3, -0.25) is 9.59 Å². The maximum atomic E-state index is 11.6. The third-order valence-electron chi connectivity index (χ3n) is 4.69. The van der Waals surface area contributed by atoms with E-state index in [-0.39, 0.29) is 18.1 Å². The summed E-state index contributed by atoms with van der Waals surface area (Å²) in [5.41, 5.74) is 1.74. The van der Waals surface area contributed by atoms with Crippen LogP contribution >= 0.6 is 12.6 Å². The van der Waals surface area contributed by atoms with E-state index in [0.29, 0.717) is 11.4 Å². The number of carbonyl (C=O) groups excluding carboxylic acids is 2. The Bertz CT molecular complexity index is 697. The van der Waals surface area contributed by atoms with Crippen molar-refractivity contribution in [2.45, 2.75) is 52.2 Å². The van der Waals surface area contributed by atoms with E-state index < -0.39 is 18.3 Å². The Kier molecular flexibility index (Phi) is 6.37. The number of nitrogens with one attached hydrogen (secondary N) is 1. The second-order valence-electron chi connectivity index (χ2n) is 7.51. The van der Waals surface area contributed by atoms with E-state index in [0.717, 1.165) is 11.0 Å². The molecule has 1 aromatic carbocycles. The van der Waals surface area contributed by atoms with E-state index in [4.69, 9.17) is 9.31 Å². The van der Waals surface area contributed by atoms with Gasteiger partial charge in [0.05, 0.1) is 17.6 Å². The number of hydrogen-bond acceptors (Lipinski definition) is 5. The minimum Gasteiger partial charge on any atom is -0.400 e. The second-order valence-corrected chi connectivity index (χ2v) is 7.83. The van der Waals surface area contributed by atoms with Crippen LogP contribution in [0.1, 0.15) is 46.6 Å². The molecule has 1 aromatic rings. The molecule has 0 spiro atoms. The first-order valence-electron chi connectivity index (χ1n) is 8.60. The minimum absolute atomic E-state index is 0.118. The summed E-state index contributed by atoms with van der Waals surface area (Å²) in [5, 5.41) is 2.70. The molecule has 2 rings (SSSR count). The average Bonchev–Trinajstić information content (AvgIpc) is 2.73. The zero-order valence-corrected chi connectivity index (χ0v) is 16.9. The lowest BCUT2D eigenvalue weighted by atomic mass is 9.78. The predicted octanol–water partition coefficient (Wildman–Crippen LogP) is 3.55. The Morgan fingerprint density at radius 1 is 1.12 bits per heavy atom. The SMILES string of the molecule is CC(=O)CC(=O)Nc1ccc(C=C(CS)B2OC(C)(C)C(C)(C)O2)cc1. The molecule has 0 aromatic heterocycles. The van der Waals surface area contributed by atoms with E-state index in [1.165, 1.54) is 6.92 Å². The van der Waals surface area contributed by atoms with Crippen molar-refractivity contribution in [1.29, 1.82) is 0 Å². The number of anilines is 1. The summed E-state index contributed by atoms with van der Waals surface area (Å²) in [6, 6.07) is 7.37. The van der Waals surface area contributed by atoms with Crippen LogP contribution in [0.5, 0.6) is 0 Å². The van der Waals surface area contributed by atoms with E-state index in [1.807, 2.05) is 45.9 Å². The van der Waals surface area contributed by atoms with Crippen LogP contribution in [0.15, 0.2) is 29.7 Å². The number of amides is 1. The van der Waals surface area contributed by atoms with Gasteiger partial charge in [-0.1, -0.05) is 18.2 Å². The van der Waals surface area contributed by atoms with Crippen LogP contribution in [0, 0.1) is 0 Å². The number of carbonyl (C=O) groups is 2. The van der Waals surface area contributed by atoms with Gasteiger partial charge in [0.15, 0.2) is 0 Å². The lowest BCUT2D eigenvalue weighted by Gasteiger charge is -2.32. The highest BCUT2D eigenvalue weighted by Gasteiger charge is 2.52. The molecule has 1 amide bonds. The highest BCUT2D eigenvalue weighted by atomic mass is 32.1. The molecule has 1 aliphatic rings. The van der Waals surface area contributed by atoms with Crippen LogP contribution in [0.25, 0.3) is 6.08 Å². The average molecular weight is 375 g/mol. The van der Waals surface area contributed by atoms with Crippen molar-refractivity contribution in [2.24, 2.45) is 0 Å². The molecule has 1 heterocycles. The van der Waals surface area contributed by atoms with Gasteiger partial charge in [-0.15, -0.1) is 0 Å². The summed E-state index contributed by atoms with van der Waals surface area (Å²) in [5.74, 6) is 0.0328. The quantitative estimate of drug-likeness (QED) is 0.454. The first-order valence-corrected chi connectivity index (χ1v) is 9.23. The van der Waals surface area contributed by atoms with E-state index in [1.54, 1.807) is 12.1 Å². The van der Waals surface area contributed by atoms with Crippen LogP contribution in [-0.2, 0) is 18.9 Å². The zero-order valence-electron chi connectivity index (χ0n) is 16.0. The number of rotatable bonds is 6. The largest absolute Gasteiger partial charge is 0.491 e. The normalized spacial score (nSPS) is 18.7. The van der Waals surface area contributed by atoms with Crippen molar-refractivity contribution in [3.05, 3.63) is 35.3 Å². The van der Waals surface area contributed by atoms with Crippen LogP contribution in [0.3, 0.4) is 0 Å². The zero-order chi connectivity index (χ0) is 19.5. The molecule has 7 heteroatoms. The van der Waals surface area contributed by atoms with Crippen molar-refractivity contribution < 1.29 is 18.9 Å². The van der Waals surface area contributed by atoms with Gasteiger partial charge in [0.1, 0.15) is 5.78 Å². The van der Waals surface area contributed by atoms with E-state index in [2.05, 4.69) is 17.9 Å². The standard InChI is InChI=1S/C19H26BNO4S/c1-13(22)10-17(23)21-16-8-6-14(7-9-16)11-15(12-26)20-24-18(2,3)19(4,5)25-20/h6-9,11,26H,10,12H2,1-5H3,(H,21,23). The number of benzene rings is 1. The Labute approximate surface area is 161 Å². The molecular formula is C19H26BNO4S. The third kappa shape index (κ3) is 4.99. The molecule has 0 bridgehead atoms. The van der Waals surface area contributed by atoms with E-state index in [9.17, 15) is 9.59 Å². The number of Topliss-reactive ketones (excluding diaryl/α,β-unsaturated/α-hetero) is 1. The molecule has 0 aliphatic carbocycles. The smallest absolute Gasteiger partial charge is 0.400 e. The minimum atomic E-state index is -0.438. The topological polar surface area (TPSA) is 64.6 Å². The van der Waals surface area contributed by atoms with E-state index >= 15 is 0 Å². The fourth-order valence-electron chi connectivity index (χ4n) is 2.49. The maximum absolute atomic E-state index is 11.6. The molecule has 0 atom stereocenters. The van der Waals surface area contributed by atoms with Crippen LogP contribution in [0.2, 0.25) is 0 Å². The molecule has 5 nitrogen and oxygen atoms in total. The summed E-state index contributed by atoms with van der Waals surface area (Å²) in [6.45, 7) is 9.45. The molecule has 0 saturated carbocycles. The van der Waals surface area contributed by atoms with Gasteiger partial charge in [-0.05, 0) is 57.8 Å². The van der Waals surface area contributed by atoms with Crippen LogP contribution in [0.4, 0.5) is 5.69 Å².